The molecule has 0 radical (unpaired) electrons. The summed E-state index contributed by atoms with van der Waals surface area (Å²) < 4.78 is 4.70. The Balaban J connectivity index is 0.855. The molecule has 3 heterocycles. The number of hydrogen-bond donors (Lipinski definition) is 0. The van der Waals surface area contributed by atoms with Crippen LogP contribution >= 0.6 is 0 Å². The molecule has 0 aliphatic rings. The number of rotatable bonds is 8. The van der Waals surface area contributed by atoms with Crippen LogP contribution in [-0.4, -0.2) is 24.1 Å². The summed E-state index contributed by atoms with van der Waals surface area (Å²) in [6, 6.07) is 92.9. The summed E-state index contributed by atoms with van der Waals surface area (Å²) in [7, 11) is 0. The predicted octanol–water partition coefficient (Wildman–Crippen LogP) is 17.2. The third kappa shape index (κ3) is 7.06. The van der Waals surface area contributed by atoms with Crippen LogP contribution in [0.3, 0.4) is 0 Å². The molecule has 0 unspecified atom stereocenters. The Labute approximate surface area is 416 Å². The minimum Gasteiger partial charge on any atom is -0.309 e. The molecule has 0 aliphatic carbocycles. The van der Waals surface area contributed by atoms with E-state index in [1.807, 2.05) is 0 Å². The lowest BCUT2D eigenvalue weighted by atomic mass is 9.95. The Kier molecular flexibility index (Phi) is 9.78. The van der Waals surface area contributed by atoms with Gasteiger partial charge in [-0.2, -0.15) is 0 Å². The highest BCUT2D eigenvalue weighted by molar-refractivity contribution is 6.10. The third-order valence-corrected chi connectivity index (χ3v) is 14.2. The molecule has 0 amide bonds. The second-order valence-electron chi connectivity index (χ2n) is 18.4. The Morgan fingerprint density at radius 2 is 0.569 bits per heavy atom. The van der Waals surface area contributed by atoms with Gasteiger partial charge in [-0.3, -0.25) is 0 Å². The van der Waals surface area contributed by atoms with Gasteiger partial charge in [-0.25, -0.2) is 15.0 Å². The Bertz CT molecular complexity index is 4280. The van der Waals surface area contributed by atoms with E-state index >= 15 is 0 Å². The molecule has 0 N–H and O–H groups in total. The summed E-state index contributed by atoms with van der Waals surface area (Å²) in [6.07, 6.45) is 0. The van der Waals surface area contributed by atoms with Crippen molar-refractivity contribution in [3.63, 3.8) is 0 Å². The van der Waals surface area contributed by atoms with Crippen LogP contribution in [0.15, 0.2) is 261 Å². The van der Waals surface area contributed by atoms with Crippen molar-refractivity contribution in [2.24, 2.45) is 0 Å². The average Bonchev–Trinajstić information content (AvgIpc) is 3.98. The molecule has 0 bridgehead atoms. The first-order chi connectivity index (χ1) is 35.7. The summed E-state index contributed by atoms with van der Waals surface area (Å²) in [4.78, 5) is 15.7. The van der Waals surface area contributed by atoms with Crippen LogP contribution in [0, 0.1) is 0 Å². The molecular formula is C67H43N5. The van der Waals surface area contributed by atoms with E-state index in [-0.39, 0.29) is 0 Å². The van der Waals surface area contributed by atoms with Gasteiger partial charge in [-0.15, -0.1) is 0 Å². The fraction of sp³-hybridized carbons (Fsp3) is 0. The summed E-state index contributed by atoms with van der Waals surface area (Å²) in [6.45, 7) is 0. The molecule has 336 valence electrons. The first kappa shape index (κ1) is 41.3. The quantitative estimate of drug-likeness (QED) is 0.153. The lowest BCUT2D eigenvalue weighted by Crippen LogP contribution is -2.01. The van der Waals surface area contributed by atoms with Gasteiger partial charge in [0.25, 0.3) is 0 Å². The van der Waals surface area contributed by atoms with E-state index < -0.39 is 0 Å². The summed E-state index contributed by atoms with van der Waals surface area (Å²) in [5.41, 5.74) is 16.5. The van der Waals surface area contributed by atoms with Crippen LogP contribution < -0.4 is 0 Å². The molecule has 0 saturated carbocycles. The molecule has 14 aromatic rings. The average molecular weight is 918 g/mol. The first-order valence-electron chi connectivity index (χ1n) is 24.4. The van der Waals surface area contributed by atoms with Crippen LogP contribution in [0.5, 0.6) is 0 Å². The van der Waals surface area contributed by atoms with Crippen molar-refractivity contribution in [2.45, 2.75) is 0 Å². The zero-order valence-electron chi connectivity index (χ0n) is 39.1. The normalized spacial score (nSPS) is 11.6. The number of nitrogens with zero attached hydrogens (tertiary/aromatic N) is 5. The van der Waals surface area contributed by atoms with Gasteiger partial charge in [0.1, 0.15) is 0 Å². The predicted molar refractivity (Wildman–Crippen MR) is 299 cm³/mol. The van der Waals surface area contributed by atoms with E-state index in [1.165, 1.54) is 54.5 Å². The van der Waals surface area contributed by atoms with Crippen molar-refractivity contribution in [2.75, 3.05) is 0 Å². The highest BCUT2D eigenvalue weighted by Crippen LogP contribution is 2.37. The fourth-order valence-electron chi connectivity index (χ4n) is 10.7. The standard InChI is InChI=1S/C67H43N5/c1-2-23-55-46(15-1)16-14-28-56(55)51-19-11-17-49(41-51)44-33-37-47(38-34-44)65-68-66(70-67(69-65)52-20-13-22-54(43-52)72-63-31-9-5-26-59(63)60-27-6-10-32-64(60)72)48-39-35-45(36-40-48)50-18-12-21-53(42-50)71-61-29-7-3-24-57(61)58-25-4-8-30-62(58)71/h1-43H. The molecule has 0 spiro atoms. The van der Waals surface area contributed by atoms with Gasteiger partial charge < -0.3 is 9.13 Å². The van der Waals surface area contributed by atoms with Crippen LogP contribution in [0.4, 0.5) is 0 Å². The number of fused-ring (bicyclic) bond motifs is 7. The number of aromatic nitrogens is 5. The lowest BCUT2D eigenvalue weighted by molar-refractivity contribution is 1.07. The van der Waals surface area contributed by atoms with Gasteiger partial charge in [-0.05, 0) is 98.8 Å². The molecule has 0 saturated heterocycles. The maximum absolute atomic E-state index is 5.25. The summed E-state index contributed by atoms with van der Waals surface area (Å²) in [5, 5.41) is 7.40. The maximum atomic E-state index is 5.25. The molecule has 14 rings (SSSR count). The van der Waals surface area contributed by atoms with Crippen LogP contribution in [-0.2, 0) is 0 Å². The van der Waals surface area contributed by atoms with Gasteiger partial charge in [0.15, 0.2) is 17.5 Å². The molecule has 0 aliphatic heterocycles. The molecule has 72 heavy (non-hydrogen) atoms. The number of para-hydroxylation sites is 4. The van der Waals surface area contributed by atoms with E-state index in [9.17, 15) is 0 Å². The second-order valence-corrected chi connectivity index (χ2v) is 18.4. The van der Waals surface area contributed by atoms with Crippen molar-refractivity contribution >= 4 is 54.4 Å². The third-order valence-electron chi connectivity index (χ3n) is 14.2. The summed E-state index contributed by atoms with van der Waals surface area (Å²) in [5.74, 6) is 1.82. The minimum absolute atomic E-state index is 0.604. The van der Waals surface area contributed by atoms with E-state index in [1.54, 1.807) is 0 Å². The van der Waals surface area contributed by atoms with Crippen LogP contribution in [0.2, 0.25) is 0 Å². The first-order valence-corrected chi connectivity index (χ1v) is 24.4. The van der Waals surface area contributed by atoms with E-state index in [4.69, 9.17) is 15.0 Å². The van der Waals surface area contributed by atoms with Gasteiger partial charge in [0, 0.05) is 49.6 Å². The minimum atomic E-state index is 0.604. The summed E-state index contributed by atoms with van der Waals surface area (Å²) >= 11 is 0. The molecule has 3 aromatic heterocycles. The molecule has 5 nitrogen and oxygen atoms in total. The van der Waals surface area contributed by atoms with Crippen molar-refractivity contribution < 1.29 is 0 Å². The fourth-order valence-corrected chi connectivity index (χ4v) is 10.7. The molecular weight excluding hydrogens is 875 g/mol. The van der Waals surface area contributed by atoms with Crippen molar-refractivity contribution in [1.82, 2.24) is 24.1 Å². The maximum Gasteiger partial charge on any atom is 0.164 e. The van der Waals surface area contributed by atoms with E-state index in [0.29, 0.717) is 17.5 Å². The van der Waals surface area contributed by atoms with Crippen LogP contribution in [0.1, 0.15) is 0 Å². The highest BCUT2D eigenvalue weighted by atomic mass is 15.0. The van der Waals surface area contributed by atoms with E-state index in [2.05, 4.69) is 270 Å². The van der Waals surface area contributed by atoms with Gasteiger partial charge in [0.2, 0.25) is 0 Å². The molecule has 5 heteroatoms. The van der Waals surface area contributed by atoms with Crippen LogP contribution in [0.25, 0.3) is 133 Å². The molecule has 0 fully saturated rings. The van der Waals surface area contributed by atoms with Crippen molar-refractivity contribution in [3.05, 3.63) is 261 Å². The van der Waals surface area contributed by atoms with Gasteiger partial charge in [-0.1, -0.05) is 206 Å². The zero-order chi connectivity index (χ0) is 47.5. The SMILES string of the molecule is c1cc(-c2ccc(-c3nc(-c4ccc(-c5cccc(-n6c7ccccc7c7ccccc76)c5)cc4)nc(-c4cccc(-n5c6ccccc6c6ccccc65)c4)n3)cc2)cc(-c2cccc3ccccc23)c1. The second kappa shape index (κ2) is 17.1. The zero-order valence-corrected chi connectivity index (χ0v) is 39.1. The van der Waals surface area contributed by atoms with Gasteiger partial charge >= 0.3 is 0 Å². The Morgan fingerprint density at radius 3 is 1.08 bits per heavy atom. The largest absolute Gasteiger partial charge is 0.309 e. The topological polar surface area (TPSA) is 48.5 Å². The number of benzene rings is 11. The van der Waals surface area contributed by atoms with Crippen molar-refractivity contribution in [3.8, 4) is 78.9 Å². The molecule has 11 aromatic carbocycles. The van der Waals surface area contributed by atoms with Crippen molar-refractivity contribution in [1.29, 1.82) is 0 Å². The monoisotopic (exact) mass is 917 g/mol. The smallest absolute Gasteiger partial charge is 0.164 e. The molecule has 0 atom stereocenters. The Hall–Kier alpha value is -9.71. The number of hydrogen-bond acceptors (Lipinski definition) is 3. The Morgan fingerprint density at radius 1 is 0.222 bits per heavy atom. The highest BCUT2D eigenvalue weighted by Gasteiger charge is 2.18. The van der Waals surface area contributed by atoms with E-state index in [0.717, 1.165) is 61.4 Å². The van der Waals surface area contributed by atoms with Gasteiger partial charge in [0.05, 0.1) is 22.1 Å². The lowest BCUT2D eigenvalue weighted by Gasteiger charge is -2.13.